The standard InChI is InChI=1S/C5H8ClNO/c1-4(7)2-3-5(6)8/h2-3,8H,7H2,1H3/b4-2+,5-3-. The fourth-order valence-corrected chi connectivity index (χ4v) is 0.263. The molecule has 0 saturated carbocycles. The van der Waals surface area contributed by atoms with Gasteiger partial charge in [0, 0.05) is 5.70 Å². The minimum Gasteiger partial charge on any atom is -0.499 e. The number of halogens is 1. The Labute approximate surface area is 53.3 Å². The summed E-state index contributed by atoms with van der Waals surface area (Å²) in [6, 6.07) is 0. The Morgan fingerprint density at radius 2 is 2.12 bits per heavy atom. The summed E-state index contributed by atoms with van der Waals surface area (Å²) in [7, 11) is 0. The minimum absolute atomic E-state index is 0.255. The molecule has 0 aliphatic rings. The van der Waals surface area contributed by atoms with Crippen molar-refractivity contribution in [2.45, 2.75) is 6.92 Å². The maximum absolute atomic E-state index is 8.33. The predicted molar refractivity (Wildman–Crippen MR) is 34.5 cm³/mol. The van der Waals surface area contributed by atoms with Gasteiger partial charge in [-0.25, -0.2) is 0 Å². The van der Waals surface area contributed by atoms with Gasteiger partial charge in [-0.1, -0.05) is 0 Å². The van der Waals surface area contributed by atoms with Crippen molar-refractivity contribution in [3.63, 3.8) is 0 Å². The average Bonchev–Trinajstić information content (AvgIpc) is 1.61. The molecule has 0 bridgehead atoms. The second-order valence-corrected chi connectivity index (χ2v) is 1.79. The van der Waals surface area contributed by atoms with E-state index in [1.807, 2.05) is 0 Å². The van der Waals surface area contributed by atoms with Crippen molar-refractivity contribution < 1.29 is 5.11 Å². The molecule has 0 saturated heterocycles. The molecular formula is C5H8ClNO. The molecule has 0 aromatic rings. The van der Waals surface area contributed by atoms with E-state index in [2.05, 4.69) is 0 Å². The molecule has 3 N–H and O–H groups in total. The van der Waals surface area contributed by atoms with Crippen molar-refractivity contribution >= 4 is 11.6 Å². The number of hydrogen-bond acceptors (Lipinski definition) is 2. The van der Waals surface area contributed by atoms with Crippen LogP contribution in [-0.4, -0.2) is 5.11 Å². The average molecular weight is 134 g/mol. The Morgan fingerprint density at radius 1 is 1.62 bits per heavy atom. The third-order valence-electron chi connectivity index (χ3n) is 0.484. The van der Waals surface area contributed by atoms with Gasteiger partial charge in [0.05, 0.1) is 0 Å². The van der Waals surface area contributed by atoms with Crippen LogP contribution in [0.25, 0.3) is 0 Å². The summed E-state index contributed by atoms with van der Waals surface area (Å²) in [5.74, 6) is 0. The van der Waals surface area contributed by atoms with Gasteiger partial charge in [0.25, 0.3) is 0 Å². The van der Waals surface area contributed by atoms with Gasteiger partial charge in [-0.05, 0) is 30.7 Å². The van der Waals surface area contributed by atoms with Crippen LogP contribution < -0.4 is 5.73 Å². The molecule has 3 heteroatoms. The van der Waals surface area contributed by atoms with Crippen molar-refractivity contribution in [1.29, 1.82) is 0 Å². The third-order valence-corrected chi connectivity index (χ3v) is 0.610. The van der Waals surface area contributed by atoms with Gasteiger partial charge in [-0.2, -0.15) is 0 Å². The molecule has 0 aromatic heterocycles. The molecule has 0 fully saturated rings. The largest absolute Gasteiger partial charge is 0.499 e. The van der Waals surface area contributed by atoms with Crippen LogP contribution in [-0.2, 0) is 0 Å². The molecular weight excluding hydrogens is 126 g/mol. The van der Waals surface area contributed by atoms with Gasteiger partial charge >= 0.3 is 0 Å². The normalized spacial score (nSPS) is 14.2. The van der Waals surface area contributed by atoms with E-state index in [1.54, 1.807) is 6.92 Å². The van der Waals surface area contributed by atoms with E-state index in [1.165, 1.54) is 12.2 Å². The van der Waals surface area contributed by atoms with Crippen molar-refractivity contribution in [1.82, 2.24) is 0 Å². The number of nitrogens with two attached hydrogens (primary N) is 1. The van der Waals surface area contributed by atoms with Gasteiger partial charge < -0.3 is 10.8 Å². The van der Waals surface area contributed by atoms with Crippen LogP contribution in [0, 0.1) is 0 Å². The first-order chi connectivity index (χ1) is 3.63. The van der Waals surface area contributed by atoms with E-state index in [4.69, 9.17) is 22.4 Å². The zero-order valence-corrected chi connectivity index (χ0v) is 5.31. The van der Waals surface area contributed by atoms with Gasteiger partial charge in [0.15, 0.2) is 5.22 Å². The zero-order valence-electron chi connectivity index (χ0n) is 4.56. The predicted octanol–water partition coefficient (Wildman–Crippen LogP) is 1.49. The van der Waals surface area contributed by atoms with E-state index in [0.717, 1.165) is 0 Å². The van der Waals surface area contributed by atoms with E-state index in [-0.39, 0.29) is 5.22 Å². The monoisotopic (exact) mass is 133 g/mol. The molecule has 0 aromatic carbocycles. The van der Waals surface area contributed by atoms with Crippen LogP contribution in [0.3, 0.4) is 0 Å². The van der Waals surface area contributed by atoms with Gasteiger partial charge in [0.2, 0.25) is 0 Å². The molecule has 0 radical (unpaired) electrons. The minimum atomic E-state index is -0.255. The molecule has 0 spiro atoms. The van der Waals surface area contributed by atoms with E-state index < -0.39 is 0 Å². The first-order valence-corrected chi connectivity index (χ1v) is 2.49. The molecule has 0 atom stereocenters. The lowest BCUT2D eigenvalue weighted by Crippen LogP contribution is -1.87. The molecule has 2 nitrogen and oxygen atoms in total. The number of aliphatic hydroxyl groups excluding tert-OH is 1. The molecule has 0 aliphatic heterocycles. The molecule has 0 unspecified atom stereocenters. The Kier molecular flexibility index (Phi) is 3.12. The van der Waals surface area contributed by atoms with Crippen LogP contribution in [0.15, 0.2) is 23.1 Å². The fraction of sp³-hybridized carbons (Fsp3) is 0.200. The lowest BCUT2D eigenvalue weighted by Gasteiger charge is -1.82. The maximum atomic E-state index is 8.33. The van der Waals surface area contributed by atoms with Crippen LogP contribution in [0.4, 0.5) is 0 Å². The summed E-state index contributed by atoms with van der Waals surface area (Å²) in [5.41, 5.74) is 5.80. The van der Waals surface area contributed by atoms with Crippen molar-refractivity contribution in [2.75, 3.05) is 0 Å². The fourth-order valence-electron chi connectivity index (χ4n) is 0.200. The summed E-state index contributed by atoms with van der Waals surface area (Å²) >= 11 is 5.04. The summed E-state index contributed by atoms with van der Waals surface area (Å²) < 4.78 is 0. The maximum Gasteiger partial charge on any atom is 0.184 e. The molecule has 0 amide bonds. The second kappa shape index (κ2) is 3.38. The van der Waals surface area contributed by atoms with Gasteiger partial charge in [0.1, 0.15) is 0 Å². The molecule has 0 heterocycles. The Morgan fingerprint density at radius 3 is 2.25 bits per heavy atom. The van der Waals surface area contributed by atoms with Crippen LogP contribution in [0.1, 0.15) is 6.92 Å². The van der Waals surface area contributed by atoms with Crippen molar-refractivity contribution in [3.05, 3.63) is 23.1 Å². The quantitative estimate of drug-likeness (QED) is 0.421. The highest BCUT2D eigenvalue weighted by Crippen LogP contribution is 1.94. The first kappa shape index (κ1) is 7.37. The van der Waals surface area contributed by atoms with Gasteiger partial charge in [-0.3, -0.25) is 0 Å². The topological polar surface area (TPSA) is 46.2 Å². The molecule has 8 heavy (non-hydrogen) atoms. The number of allylic oxidation sites excluding steroid dienone is 3. The highest BCUT2D eigenvalue weighted by atomic mass is 35.5. The van der Waals surface area contributed by atoms with Crippen LogP contribution in [0.5, 0.6) is 0 Å². The highest BCUT2D eigenvalue weighted by molar-refractivity contribution is 6.28. The summed E-state index contributed by atoms with van der Waals surface area (Å²) in [6.45, 7) is 1.70. The van der Waals surface area contributed by atoms with E-state index in [0.29, 0.717) is 5.70 Å². The smallest absolute Gasteiger partial charge is 0.184 e. The third kappa shape index (κ3) is 5.37. The number of hydrogen-bond donors (Lipinski definition) is 2. The van der Waals surface area contributed by atoms with Crippen LogP contribution in [0.2, 0.25) is 0 Å². The summed E-state index contributed by atoms with van der Waals surface area (Å²) in [5, 5.41) is 8.07. The van der Waals surface area contributed by atoms with Crippen molar-refractivity contribution in [2.24, 2.45) is 5.73 Å². The lowest BCUT2D eigenvalue weighted by atomic mass is 10.4. The Hall–Kier alpha value is -0.630. The first-order valence-electron chi connectivity index (χ1n) is 2.11. The zero-order chi connectivity index (χ0) is 6.57. The highest BCUT2D eigenvalue weighted by Gasteiger charge is 1.76. The van der Waals surface area contributed by atoms with E-state index in [9.17, 15) is 0 Å². The van der Waals surface area contributed by atoms with Gasteiger partial charge in [-0.15, -0.1) is 0 Å². The summed E-state index contributed by atoms with van der Waals surface area (Å²) in [4.78, 5) is 0. The Balaban J connectivity index is 3.76. The lowest BCUT2D eigenvalue weighted by molar-refractivity contribution is 0.452. The van der Waals surface area contributed by atoms with E-state index >= 15 is 0 Å². The number of aliphatic hydroxyl groups is 1. The molecule has 0 aliphatic carbocycles. The second-order valence-electron chi connectivity index (χ2n) is 1.40. The molecule has 0 rings (SSSR count). The SMILES string of the molecule is C/C(N)=C\C=C(/O)Cl. The Bertz CT molecular complexity index is 104. The number of rotatable bonds is 1. The van der Waals surface area contributed by atoms with Crippen LogP contribution >= 0.6 is 11.6 Å². The summed E-state index contributed by atoms with van der Waals surface area (Å²) in [6.07, 6.45) is 2.83. The molecule has 46 valence electrons. The van der Waals surface area contributed by atoms with Crippen molar-refractivity contribution in [3.8, 4) is 0 Å².